The van der Waals surface area contributed by atoms with E-state index in [0.717, 1.165) is 30.3 Å². The Hall–Kier alpha value is -1.84. The lowest BCUT2D eigenvalue weighted by Crippen LogP contribution is -2.31. The third kappa shape index (κ3) is 2.43. The normalized spacial score (nSPS) is 26.1. The number of aryl methyl sites for hydroxylation is 2. The molecule has 1 fully saturated rings. The van der Waals surface area contributed by atoms with Crippen molar-refractivity contribution in [1.29, 1.82) is 0 Å². The van der Waals surface area contributed by atoms with Crippen molar-refractivity contribution in [1.82, 2.24) is 9.55 Å². The number of aliphatic carboxylic acids is 1. The van der Waals surface area contributed by atoms with Gasteiger partial charge in [0.2, 0.25) is 0 Å². The summed E-state index contributed by atoms with van der Waals surface area (Å²) in [7, 11) is 0. The van der Waals surface area contributed by atoms with Gasteiger partial charge in [-0.15, -0.1) is 0 Å². The number of carboxylic acid groups (broad SMARTS) is 1. The molecule has 2 aromatic rings. The Kier molecular flexibility index (Phi) is 3.47. The van der Waals surface area contributed by atoms with Gasteiger partial charge in [0, 0.05) is 6.04 Å². The molecule has 1 heterocycles. The smallest absolute Gasteiger partial charge is 0.308 e. The zero-order valence-corrected chi connectivity index (χ0v) is 12.8. The van der Waals surface area contributed by atoms with Crippen LogP contribution in [0.5, 0.6) is 0 Å². The average molecular weight is 286 g/mol. The van der Waals surface area contributed by atoms with E-state index in [0.29, 0.717) is 5.92 Å². The van der Waals surface area contributed by atoms with Gasteiger partial charge in [0.1, 0.15) is 0 Å². The van der Waals surface area contributed by atoms with E-state index in [2.05, 4.69) is 42.5 Å². The van der Waals surface area contributed by atoms with E-state index >= 15 is 0 Å². The molecule has 4 heteroatoms. The van der Waals surface area contributed by atoms with Gasteiger partial charge < -0.3 is 9.67 Å². The summed E-state index contributed by atoms with van der Waals surface area (Å²) in [5.41, 5.74) is 4.46. The maximum Gasteiger partial charge on any atom is 0.308 e. The van der Waals surface area contributed by atoms with Crippen LogP contribution in [0.3, 0.4) is 0 Å². The molecule has 21 heavy (non-hydrogen) atoms. The molecule has 1 aromatic heterocycles. The summed E-state index contributed by atoms with van der Waals surface area (Å²) < 4.78 is 2.09. The van der Waals surface area contributed by atoms with Crippen molar-refractivity contribution in [3.05, 3.63) is 29.6 Å². The minimum Gasteiger partial charge on any atom is -0.481 e. The number of aromatic nitrogens is 2. The highest BCUT2D eigenvalue weighted by molar-refractivity contribution is 5.78. The molecule has 0 radical (unpaired) electrons. The summed E-state index contributed by atoms with van der Waals surface area (Å²) in [6, 6.07) is 4.23. The Morgan fingerprint density at radius 2 is 2.00 bits per heavy atom. The van der Waals surface area contributed by atoms with Crippen LogP contribution >= 0.6 is 0 Å². The summed E-state index contributed by atoms with van der Waals surface area (Å²) in [6.45, 7) is 6.38. The first-order valence-electron chi connectivity index (χ1n) is 7.64. The maximum absolute atomic E-state index is 11.6. The summed E-state index contributed by atoms with van der Waals surface area (Å²) in [5, 5.41) is 9.53. The molecular formula is C17H22N2O2. The Morgan fingerprint density at radius 1 is 1.29 bits per heavy atom. The summed E-state index contributed by atoms with van der Waals surface area (Å²) in [6.07, 6.45) is 4.49. The zero-order valence-electron chi connectivity index (χ0n) is 12.8. The molecule has 0 aliphatic heterocycles. The Bertz CT molecular complexity index is 689. The summed E-state index contributed by atoms with van der Waals surface area (Å²) >= 11 is 0. The predicted molar refractivity (Wildman–Crippen MR) is 82.4 cm³/mol. The third-order valence-corrected chi connectivity index (χ3v) is 4.94. The van der Waals surface area contributed by atoms with Crippen LogP contribution in [0.4, 0.5) is 0 Å². The van der Waals surface area contributed by atoms with Crippen molar-refractivity contribution in [2.45, 2.75) is 46.1 Å². The fourth-order valence-electron chi connectivity index (χ4n) is 3.49. The molecule has 1 saturated carbocycles. The van der Waals surface area contributed by atoms with Crippen molar-refractivity contribution in [2.75, 3.05) is 0 Å². The molecule has 1 aliphatic carbocycles. The number of carbonyl (C=O) groups is 1. The van der Waals surface area contributed by atoms with E-state index < -0.39 is 5.97 Å². The number of hydrogen-bond acceptors (Lipinski definition) is 2. The topological polar surface area (TPSA) is 55.1 Å². The molecule has 4 nitrogen and oxygen atoms in total. The number of carboxylic acids is 1. The molecule has 0 amide bonds. The Morgan fingerprint density at radius 3 is 2.71 bits per heavy atom. The summed E-state index contributed by atoms with van der Waals surface area (Å²) in [5.74, 6) is -0.424. The fraction of sp³-hybridized carbons (Fsp3) is 0.529. The number of nitrogens with zero attached hydrogens (tertiary/aromatic N) is 2. The van der Waals surface area contributed by atoms with Crippen LogP contribution in [0.15, 0.2) is 18.5 Å². The molecule has 1 N–H and O–H groups in total. The Balaban J connectivity index is 2.09. The minimum atomic E-state index is -0.683. The van der Waals surface area contributed by atoms with Crippen LogP contribution in [0.1, 0.15) is 43.4 Å². The molecule has 0 spiro atoms. The largest absolute Gasteiger partial charge is 0.481 e. The van der Waals surface area contributed by atoms with Crippen molar-refractivity contribution >= 4 is 17.0 Å². The van der Waals surface area contributed by atoms with Crippen molar-refractivity contribution in [2.24, 2.45) is 11.8 Å². The molecule has 0 saturated heterocycles. The summed E-state index contributed by atoms with van der Waals surface area (Å²) in [4.78, 5) is 16.1. The van der Waals surface area contributed by atoms with Gasteiger partial charge in [0.05, 0.1) is 23.3 Å². The lowest BCUT2D eigenvalue weighted by molar-refractivity contribution is -0.144. The first-order valence-corrected chi connectivity index (χ1v) is 7.64. The minimum absolute atomic E-state index is 0.0124. The highest BCUT2D eigenvalue weighted by Gasteiger charge is 2.35. The van der Waals surface area contributed by atoms with E-state index in [9.17, 15) is 9.90 Å². The van der Waals surface area contributed by atoms with E-state index in [1.165, 1.54) is 11.1 Å². The number of fused-ring (bicyclic) bond motifs is 1. The second-order valence-corrected chi connectivity index (χ2v) is 6.51. The second kappa shape index (κ2) is 5.17. The van der Waals surface area contributed by atoms with Gasteiger partial charge in [-0.3, -0.25) is 4.79 Å². The third-order valence-electron chi connectivity index (χ3n) is 4.94. The van der Waals surface area contributed by atoms with Gasteiger partial charge in [-0.1, -0.05) is 6.92 Å². The number of imidazole rings is 1. The molecule has 3 atom stereocenters. The van der Waals surface area contributed by atoms with Gasteiger partial charge in [0.15, 0.2) is 0 Å². The molecule has 0 bridgehead atoms. The monoisotopic (exact) mass is 286 g/mol. The lowest BCUT2D eigenvalue weighted by atomic mass is 9.79. The predicted octanol–water partition coefficient (Wildman–Crippen LogP) is 3.72. The van der Waals surface area contributed by atoms with Crippen LogP contribution < -0.4 is 0 Å². The quantitative estimate of drug-likeness (QED) is 0.915. The number of hydrogen-bond donors (Lipinski definition) is 1. The van der Waals surface area contributed by atoms with Crippen molar-refractivity contribution in [3.63, 3.8) is 0 Å². The van der Waals surface area contributed by atoms with Gasteiger partial charge >= 0.3 is 5.97 Å². The molecule has 112 valence electrons. The van der Waals surface area contributed by atoms with Crippen molar-refractivity contribution < 1.29 is 9.90 Å². The van der Waals surface area contributed by atoms with Crippen LogP contribution in [0.25, 0.3) is 11.0 Å². The van der Waals surface area contributed by atoms with Gasteiger partial charge in [-0.05, 0) is 62.3 Å². The Labute approximate surface area is 124 Å². The van der Waals surface area contributed by atoms with Crippen molar-refractivity contribution in [3.8, 4) is 0 Å². The first-order chi connectivity index (χ1) is 9.97. The zero-order chi connectivity index (χ0) is 15.1. The fourth-order valence-corrected chi connectivity index (χ4v) is 3.49. The molecule has 3 rings (SSSR count). The molecule has 3 unspecified atom stereocenters. The standard InChI is InChI=1S/C17H22N2O2/c1-10-4-5-13(17(20)21)15(6-10)19-9-18-14-7-11(2)12(3)8-16(14)19/h7-10,13,15H,4-6H2,1-3H3,(H,20,21). The van der Waals surface area contributed by atoms with E-state index in [-0.39, 0.29) is 12.0 Å². The van der Waals surface area contributed by atoms with Gasteiger partial charge in [-0.2, -0.15) is 0 Å². The first kappa shape index (κ1) is 14.1. The highest BCUT2D eigenvalue weighted by Crippen LogP contribution is 2.39. The van der Waals surface area contributed by atoms with E-state index in [1.54, 1.807) is 0 Å². The van der Waals surface area contributed by atoms with E-state index in [1.807, 2.05) is 6.33 Å². The van der Waals surface area contributed by atoms with Crippen LogP contribution in [-0.4, -0.2) is 20.6 Å². The molecular weight excluding hydrogens is 264 g/mol. The molecule has 1 aliphatic rings. The van der Waals surface area contributed by atoms with Crippen LogP contribution in [0, 0.1) is 25.7 Å². The molecule has 1 aromatic carbocycles. The van der Waals surface area contributed by atoms with E-state index in [4.69, 9.17) is 0 Å². The number of benzene rings is 1. The maximum atomic E-state index is 11.6. The lowest BCUT2D eigenvalue weighted by Gasteiger charge is -2.33. The average Bonchev–Trinajstić information content (AvgIpc) is 2.81. The van der Waals surface area contributed by atoms with Crippen LogP contribution in [-0.2, 0) is 4.79 Å². The van der Waals surface area contributed by atoms with Crippen LogP contribution in [0.2, 0.25) is 0 Å². The van der Waals surface area contributed by atoms with Gasteiger partial charge in [0.25, 0.3) is 0 Å². The number of rotatable bonds is 2. The second-order valence-electron chi connectivity index (χ2n) is 6.51. The van der Waals surface area contributed by atoms with Gasteiger partial charge in [-0.25, -0.2) is 4.98 Å². The highest BCUT2D eigenvalue weighted by atomic mass is 16.4. The SMILES string of the molecule is Cc1cc2ncn(C3CC(C)CCC3C(=O)O)c2cc1C.